The number of benzene rings is 2. The summed E-state index contributed by atoms with van der Waals surface area (Å²) in [5, 5.41) is 2.83. The van der Waals surface area contributed by atoms with E-state index < -0.39 is 16.1 Å². The minimum atomic E-state index is -3.59. The van der Waals surface area contributed by atoms with Crippen molar-refractivity contribution in [2.24, 2.45) is 0 Å². The summed E-state index contributed by atoms with van der Waals surface area (Å²) in [7, 11) is -1.96. The van der Waals surface area contributed by atoms with Gasteiger partial charge < -0.3 is 10.1 Å². The third-order valence-electron chi connectivity index (χ3n) is 4.21. The van der Waals surface area contributed by atoms with E-state index in [9.17, 15) is 13.2 Å². The van der Waals surface area contributed by atoms with Crippen LogP contribution in [0.25, 0.3) is 0 Å². The maximum atomic E-state index is 12.5. The van der Waals surface area contributed by atoms with E-state index in [-0.39, 0.29) is 5.91 Å². The summed E-state index contributed by atoms with van der Waals surface area (Å²) in [6.07, 6.45) is 2.58. The third-order valence-corrected chi connectivity index (χ3v) is 5.46. The number of aryl methyl sites for hydroxylation is 1. The number of rotatable bonds is 9. The van der Waals surface area contributed by atoms with E-state index in [0.29, 0.717) is 12.2 Å². The van der Waals surface area contributed by atoms with Gasteiger partial charge in [-0.25, -0.2) is 8.42 Å². The van der Waals surface area contributed by atoms with Crippen molar-refractivity contribution in [2.75, 3.05) is 24.2 Å². The first kappa shape index (κ1) is 20.8. The fourth-order valence-electron chi connectivity index (χ4n) is 2.93. The van der Waals surface area contributed by atoms with Gasteiger partial charge in [-0.05, 0) is 43.5 Å². The highest BCUT2D eigenvalue weighted by Crippen LogP contribution is 2.20. The van der Waals surface area contributed by atoms with Gasteiger partial charge in [-0.3, -0.25) is 9.10 Å². The van der Waals surface area contributed by atoms with E-state index in [4.69, 9.17) is 4.74 Å². The van der Waals surface area contributed by atoms with Gasteiger partial charge in [0.05, 0.1) is 19.1 Å². The van der Waals surface area contributed by atoms with E-state index in [1.54, 1.807) is 44.4 Å². The number of methoxy groups -OCH3 is 1. The predicted molar refractivity (Wildman–Crippen MR) is 108 cm³/mol. The summed E-state index contributed by atoms with van der Waals surface area (Å²) in [4.78, 5) is 12.5. The van der Waals surface area contributed by atoms with Crippen molar-refractivity contribution >= 4 is 21.6 Å². The summed E-state index contributed by atoms with van der Waals surface area (Å²) in [5.41, 5.74) is 1.54. The molecule has 0 unspecified atom stereocenters. The Morgan fingerprint density at radius 3 is 2.37 bits per heavy atom. The average molecular weight is 391 g/mol. The standard InChI is InChI=1S/C20H26N2O4S/c1-16(22(27(3,24)25)18-12-5-4-6-13-18)20(23)21-15-9-11-17-10-7-8-14-19(17)26-2/h4-8,10,12-14,16H,9,11,15H2,1-3H3,(H,21,23)/t16-/m1/s1. The molecule has 0 aromatic heterocycles. The second-order valence-corrected chi connectivity index (χ2v) is 8.14. The number of sulfonamides is 1. The zero-order chi connectivity index (χ0) is 19.9. The first-order valence-corrected chi connectivity index (χ1v) is 10.6. The van der Waals surface area contributed by atoms with Gasteiger partial charge in [-0.15, -0.1) is 0 Å². The van der Waals surface area contributed by atoms with E-state index in [0.717, 1.165) is 34.7 Å². The van der Waals surface area contributed by atoms with E-state index in [1.165, 1.54) is 0 Å². The zero-order valence-corrected chi connectivity index (χ0v) is 16.7. The minimum Gasteiger partial charge on any atom is -0.496 e. The zero-order valence-electron chi connectivity index (χ0n) is 15.9. The lowest BCUT2D eigenvalue weighted by atomic mass is 10.1. The van der Waals surface area contributed by atoms with E-state index >= 15 is 0 Å². The molecule has 0 heterocycles. The SMILES string of the molecule is COc1ccccc1CCCNC(=O)[C@@H](C)N(c1ccccc1)S(C)(=O)=O. The Balaban J connectivity index is 1.96. The molecular formula is C20H26N2O4S. The van der Waals surface area contributed by atoms with Gasteiger partial charge in [0.1, 0.15) is 11.8 Å². The Labute approximate surface area is 161 Å². The maximum Gasteiger partial charge on any atom is 0.243 e. The van der Waals surface area contributed by atoms with Gasteiger partial charge in [0.25, 0.3) is 0 Å². The first-order valence-electron chi connectivity index (χ1n) is 8.78. The maximum absolute atomic E-state index is 12.5. The van der Waals surface area contributed by atoms with Crippen molar-refractivity contribution in [2.45, 2.75) is 25.8 Å². The molecule has 0 fully saturated rings. The highest BCUT2D eigenvalue weighted by molar-refractivity contribution is 7.92. The topological polar surface area (TPSA) is 75.7 Å². The summed E-state index contributed by atoms with van der Waals surface area (Å²) in [5.74, 6) is 0.494. The largest absolute Gasteiger partial charge is 0.496 e. The Morgan fingerprint density at radius 1 is 1.11 bits per heavy atom. The molecule has 0 bridgehead atoms. The molecule has 2 aromatic rings. The molecule has 0 saturated carbocycles. The number of nitrogens with one attached hydrogen (secondary N) is 1. The second kappa shape index (κ2) is 9.41. The molecule has 0 spiro atoms. The number of hydrogen-bond donors (Lipinski definition) is 1. The van der Waals surface area contributed by atoms with Crippen LogP contribution in [0.5, 0.6) is 5.75 Å². The number of carbonyl (C=O) groups is 1. The van der Waals surface area contributed by atoms with Crippen molar-refractivity contribution in [1.82, 2.24) is 5.32 Å². The molecule has 1 N–H and O–H groups in total. The number of nitrogens with zero attached hydrogens (tertiary/aromatic N) is 1. The lowest BCUT2D eigenvalue weighted by molar-refractivity contribution is -0.121. The highest BCUT2D eigenvalue weighted by Gasteiger charge is 2.28. The van der Waals surface area contributed by atoms with Crippen LogP contribution >= 0.6 is 0 Å². The van der Waals surface area contributed by atoms with Gasteiger partial charge in [-0.2, -0.15) is 0 Å². The second-order valence-electron chi connectivity index (χ2n) is 6.28. The predicted octanol–water partition coefficient (Wildman–Crippen LogP) is 2.60. The molecule has 0 aliphatic carbocycles. The van der Waals surface area contributed by atoms with Crippen molar-refractivity contribution in [3.63, 3.8) is 0 Å². The Hall–Kier alpha value is -2.54. The molecule has 0 aliphatic rings. The van der Waals surface area contributed by atoms with Crippen LogP contribution in [0.3, 0.4) is 0 Å². The van der Waals surface area contributed by atoms with Gasteiger partial charge >= 0.3 is 0 Å². The fourth-order valence-corrected chi connectivity index (χ4v) is 4.11. The van der Waals surface area contributed by atoms with Crippen LogP contribution in [-0.2, 0) is 21.2 Å². The van der Waals surface area contributed by atoms with Crippen LogP contribution in [-0.4, -0.2) is 40.3 Å². The average Bonchev–Trinajstić information content (AvgIpc) is 2.65. The van der Waals surface area contributed by atoms with Crippen LogP contribution in [0.1, 0.15) is 18.9 Å². The molecule has 0 aliphatic heterocycles. The van der Waals surface area contributed by atoms with Crippen molar-refractivity contribution in [1.29, 1.82) is 0 Å². The van der Waals surface area contributed by atoms with Gasteiger partial charge in [-0.1, -0.05) is 36.4 Å². The molecule has 1 amide bonds. The normalized spacial score (nSPS) is 12.3. The summed E-state index contributed by atoms with van der Waals surface area (Å²) < 4.78 is 30.9. The monoisotopic (exact) mass is 390 g/mol. The number of carbonyl (C=O) groups excluding carboxylic acids is 1. The molecule has 2 aromatic carbocycles. The van der Waals surface area contributed by atoms with Crippen LogP contribution in [0.15, 0.2) is 54.6 Å². The molecule has 6 nitrogen and oxygen atoms in total. The first-order chi connectivity index (χ1) is 12.8. The Kier molecular flexibility index (Phi) is 7.24. The molecule has 27 heavy (non-hydrogen) atoms. The van der Waals surface area contributed by atoms with Gasteiger partial charge in [0.2, 0.25) is 15.9 Å². The molecule has 2 rings (SSSR count). The number of para-hydroxylation sites is 2. The quantitative estimate of drug-likeness (QED) is 0.668. The van der Waals surface area contributed by atoms with Crippen LogP contribution in [0.4, 0.5) is 5.69 Å². The van der Waals surface area contributed by atoms with Gasteiger partial charge in [0.15, 0.2) is 0 Å². The third kappa shape index (κ3) is 5.72. The van der Waals surface area contributed by atoms with Gasteiger partial charge in [0, 0.05) is 6.54 Å². The fraction of sp³-hybridized carbons (Fsp3) is 0.350. The van der Waals surface area contributed by atoms with Crippen molar-refractivity contribution < 1.29 is 17.9 Å². The summed E-state index contributed by atoms with van der Waals surface area (Å²) in [6, 6.07) is 15.5. The molecule has 7 heteroatoms. The van der Waals surface area contributed by atoms with E-state index in [2.05, 4.69) is 5.32 Å². The highest BCUT2D eigenvalue weighted by atomic mass is 32.2. The summed E-state index contributed by atoms with van der Waals surface area (Å²) >= 11 is 0. The lowest BCUT2D eigenvalue weighted by Crippen LogP contribution is -2.48. The molecular weight excluding hydrogens is 364 g/mol. The number of ether oxygens (including phenoxy) is 1. The lowest BCUT2D eigenvalue weighted by Gasteiger charge is -2.28. The smallest absolute Gasteiger partial charge is 0.243 e. The van der Waals surface area contributed by atoms with E-state index in [1.807, 2.05) is 24.3 Å². The number of anilines is 1. The van der Waals surface area contributed by atoms with Crippen LogP contribution in [0, 0.1) is 0 Å². The van der Waals surface area contributed by atoms with Crippen LogP contribution in [0.2, 0.25) is 0 Å². The van der Waals surface area contributed by atoms with Crippen molar-refractivity contribution in [3.8, 4) is 5.75 Å². The summed E-state index contributed by atoms with van der Waals surface area (Å²) in [6.45, 7) is 2.04. The van der Waals surface area contributed by atoms with Crippen LogP contribution < -0.4 is 14.4 Å². The Morgan fingerprint density at radius 2 is 1.74 bits per heavy atom. The molecule has 1 atom stereocenters. The number of amides is 1. The molecule has 0 saturated heterocycles. The Bertz CT molecular complexity index is 853. The molecule has 0 radical (unpaired) electrons. The minimum absolute atomic E-state index is 0.329. The van der Waals surface area contributed by atoms with Crippen molar-refractivity contribution in [3.05, 3.63) is 60.2 Å². The number of hydrogen-bond acceptors (Lipinski definition) is 4. The molecule has 146 valence electrons.